The Hall–Kier alpha value is -0.760. The Balaban J connectivity index is 3.27. The summed E-state index contributed by atoms with van der Waals surface area (Å²) in [6.07, 6.45) is -1.20. The van der Waals surface area contributed by atoms with Crippen molar-refractivity contribution < 1.29 is 23.4 Å². The molecule has 0 heterocycles. The number of rotatable bonds is 13. The third kappa shape index (κ3) is 12.3. The lowest BCUT2D eigenvalue weighted by atomic mass is 10.2. The van der Waals surface area contributed by atoms with Crippen molar-refractivity contribution in [3.8, 4) is 0 Å². The van der Waals surface area contributed by atoms with E-state index in [1.54, 1.807) is 13.8 Å². The molecule has 0 spiro atoms. The van der Waals surface area contributed by atoms with Gasteiger partial charge in [-0.25, -0.2) is 4.39 Å². The van der Waals surface area contributed by atoms with Crippen LogP contribution in [0.25, 0.3) is 0 Å². The van der Waals surface area contributed by atoms with Crippen molar-refractivity contribution in [2.24, 2.45) is 11.7 Å². The van der Waals surface area contributed by atoms with E-state index in [-0.39, 0.29) is 25.0 Å². The molecule has 0 aliphatic carbocycles. The van der Waals surface area contributed by atoms with Gasteiger partial charge in [-0.1, -0.05) is 13.8 Å². The molecule has 0 bridgehead atoms. The van der Waals surface area contributed by atoms with Crippen LogP contribution in [0.4, 0.5) is 4.39 Å². The number of hydrogen-bond acceptors (Lipinski definition) is 5. The lowest BCUT2D eigenvalue weighted by Gasteiger charge is -2.12. The number of carbonyl (C=O) groups is 1. The van der Waals surface area contributed by atoms with Crippen LogP contribution in [0.1, 0.15) is 13.8 Å². The lowest BCUT2D eigenvalue weighted by Crippen LogP contribution is -2.35. The van der Waals surface area contributed by atoms with E-state index >= 15 is 0 Å². The number of hydrogen-bond donors (Lipinski definition) is 2. The fraction of sp³-hybridized carbons (Fsp3) is 0.923. The van der Waals surface area contributed by atoms with Gasteiger partial charge >= 0.3 is 0 Å². The van der Waals surface area contributed by atoms with E-state index in [1.165, 1.54) is 0 Å². The van der Waals surface area contributed by atoms with Crippen molar-refractivity contribution in [3.63, 3.8) is 0 Å². The van der Waals surface area contributed by atoms with E-state index in [4.69, 9.17) is 19.9 Å². The summed E-state index contributed by atoms with van der Waals surface area (Å²) in [7, 11) is 0. The van der Waals surface area contributed by atoms with Gasteiger partial charge in [-0.2, -0.15) is 0 Å². The standard InChI is InChI=1S/C13H27FN2O4/c1-11(2)13(17)16-9-12(14)10-20-8-7-19-6-5-18-4-3-15/h11-12H,3-10,15H2,1-2H3,(H,16,17). The summed E-state index contributed by atoms with van der Waals surface area (Å²) in [6.45, 7) is 6.11. The maximum Gasteiger partial charge on any atom is 0.222 e. The highest BCUT2D eigenvalue weighted by atomic mass is 19.1. The molecule has 20 heavy (non-hydrogen) atoms. The molecule has 120 valence electrons. The first kappa shape index (κ1) is 19.2. The Morgan fingerprint density at radius 1 is 1.10 bits per heavy atom. The Morgan fingerprint density at radius 3 is 2.20 bits per heavy atom. The van der Waals surface area contributed by atoms with Gasteiger partial charge in [-0.3, -0.25) is 4.79 Å². The van der Waals surface area contributed by atoms with E-state index < -0.39 is 6.17 Å². The topological polar surface area (TPSA) is 82.8 Å². The maximum atomic E-state index is 13.3. The van der Waals surface area contributed by atoms with E-state index in [0.29, 0.717) is 39.6 Å². The summed E-state index contributed by atoms with van der Waals surface area (Å²) in [5.41, 5.74) is 5.25. The van der Waals surface area contributed by atoms with E-state index in [1.807, 2.05) is 0 Å². The molecule has 0 saturated carbocycles. The van der Waals surface area contributed by atoms with Gasteiger partial charge in [0.15, 0.2) is 0 Å². The number of carbonyl (C=O) groups excluding carboxylic acids is 1. The van der Waals surface area contributed by atoms with Crippen LogP contribution in [0.3, 0.4) is 0 Å². The Bertz CT molecular complexity index is 242. The van der Waals surface area contributed by atoms with Gasteiger partial charge in [0.1, 0.15) is 6.17 Å². The predicted octanol–water partition coefficient (Wildman–Crippen LogP) is 0.105. The first-order chi connectivity index (χ1) is 9.57. The monoisotopic (exact) mass is 294 g/mol. The zero-order valence-corrected chi connectivity index (χ0v) is 12.4. The number of nitrogens with one attached hydrogen (secondary N) is 1. The molecule has 0 radical (unpaired) electrons. The molecule has 0 saturated heterocycles. The van der Waals surface area contributed by atoms with E-state index in [9.17, 15) is 9.18 Å². The molecule has 7 heteroatoms. The van der Waals surface area contributed by atoms with Crippen molar-refractivity contribution in [2.45, 2.75) is 20.0 Å². The molecule has 0 fully saturated rings. The summed E-state index contributed by atoms with van der Waals surface area (Å²) in [6, 6.07) is 0. The number of nitrogens with two attached hydrogens (primary N) is 1. The Morgan fingerprint density at radius 2 is 1.65 bits per heavy atom. The second-order valence-electron chi connectivity index (χ2n) is 4.59. The third-order valence-electron chi connectivity index (χ3n) is 2.33. The summed E-state index contributed by atoms with van der Waals surface area (Å²) in [5, 5.41) is 2.51. The largest absolute Gasteiger partial charge is 0.378 e. The average molecular weight is 294 g/mol. The van der Waals surface area contributed by atoms with Gasteiger partial charge < -0.3 is 25.3 Å². The number of halogens is 1. The molecule has 1 atom stereocenters. The zero-order chi connectivity index (χ0) is 15.2. The third-order valence-corrected chi connectivity index (χ3v) is 2.33. The fourth-order valence-corrected chi connectivity index (χ4v) is 1.21. The van der Waals surface area contributed by atoms with E-state index in [0.717, 1.165) is 0 Å². The Labute approximate surface area is 120 Å². The van der Waals surface area contributed by atoms with E-state index in [2.05, 4.69) is 5.32 Å². The molecule has 0 aliphatic heterocycles. The van der Waals surface area contributed by atoms with Crippen LogP contribution >= 0.6 is 0 Å². The van der Waals surface area contributed by atoms with Crippen LogP contribution in [-0.4, -0.2) is 64.8 Å². The second kappa shape index (κ2) is 13.2. The average Bonchev–Trinajstić information content (AvgIpc) is 2.42. The Kier molecular flexibility index (Phi) is 12.7. The highest BCUT2D eigenvalue weighted by Crippen LogP contribution is 1.94. The molecule has 0 aromatic rings. The van der Waals surface area contributed by atoms with Gasteiger partial charge in [0.05, 0.1) is 46.2 Å². The van der Waals surface area contributed by atoms with Gasteiger partial charge in [-0.05, 0) is 0 Å². The molecule has 0 aromatic carbocycles. The van der Waals surface area contributed by atoms with Crippen LogP contribution in [0, 0.1) is 5.92 Å². The molecule has 0 aliphatic rings. The summed E-state index contributed by atoms with van der Waals surface area (Å²) < 4.78 is 28.8. The first-order valence-corrected chi connectivity index (χ1v) is 6.93. The number of amides is 1. The van der Waals surface area contributed by atoms with Crippen molar-refractivity contribution in [1.82, 2.24) is 5.32 Å². The normalized spacial score (nSPS) is 12.7. The number of ether oxygens (including phenoxy) is 3. The van der Waals surface area contributed by atoms with Gasteiger partial charge in [0.25, 0.3) is 0 Å². The van der Waals surface area contributed by atoms with Crippen molar-refractivity contribution in [2.75, 3.05) is 52.7 Å². The SMILES string of the molecule is CC(C)C(=O)NCC(F)COCCOCCOCCN. The van der Waals surface area contributed by atoms with Crippen LogP contribution in [0.2, 0.25) is 0 Å². The van der Waals surface area contributed by atoms with Gasteiger partial charge in [0.2, 0.25) is 5.91 Å². The predicted molar refractivity (Wildman–Crippen MR) is 74.3 cm³/mol. The molecule has 3 N–H and O–H groups in total. The van der Waals surface area contributed by atoms with Crippen LogP contribution in [0.5, 0.6) is 0 Å². The molecule has 6 nitrogen and oxygen atoms in total. The summed E-state index contributed by atoms with van der Waals surface area (Å²) in [4.78, 5) is 11.2. The minimum Gasteiger partial charge on any atom is -0.378 e. The van der Waals surface area contributed by atoms with Gasteiger partial charge in [-0.15, -0.1) is 0 Å². The van der Waals surface area contributed by atoms with Crippen LogP contribution in [0.15, 0.2) is 0 Å². The molecular weight excluding hydrogens is 267 g/mol. The quantitative estimate of drug-likeness (QED) is 0.471. The fourth-order valence-electron chi connectivity index (χ4n) is 1.21. The smallest absolute Gasteiger partial charge is 0.222 e. The first-order valence-electron chi connectivity index (χ1n) is 6.93. The maximum absolute atomic E-state index is 13.3. The molecule has 1 amide bonds. The van der Waals surface area contributed by atoms with Crippen LogP contribution < -0.4 is 11.1 Å². The highest BCUT2D eigenvalue weighted by Gasteiger charge is 2.11. The highest BCUT2D eigenvalue weighted by molar-refractivity contribution is 5.77. The minimum absolute atomic E-state index is 0.0230. The molecular formula is C13H27FN2O4. The zero-order valence-electron chi connectivity index (χ0n) is 12.4. The van der Waals surface area contributed by atoms with Crippen molar-refractivity contribution in [1.29, 1.82) is 0 Å². The number of alkyl halides is 1. The van der Waals surface area contributed by atoms with Crippen molar-refractivity contribution in [3.05, 3.63) is 0 Å². The molecule has 0 rings (SSSR count). The van der Waals surface area contributed by atoms with Crippen LogP contribution in [-0.2, 0) is 19.0 Å². The molecule has 1 unspecified atom stereocenters. The van der Waals surface area contributed by atoms with Crippen molar-refractivity contribution >= 4 is 5.91 Å². The summed E-state index contributed by atoms with van der Waals surface area (Å²) in [5.74, 6) is -0.300. The molecule has 0 aromatic heterocycles. The lowest BCUT2D eigenvalue weighted by molar-refractivity contribution is -0.124. The van der Waals surface area contributed by atoms with Gasteiger partial charge in [0, 0.05) is 12.5 Å². The summed E-state index contributed by atoms with van der Waals surface area (Å²) >= 11 is 0. The minimum atomic E-state index is -1.20. The second-order valence-corrected chi connectivity index (χ2v) is 4.59.